The lowest BCUT2D eigenvalue weighted by atomic mass is 9.97. The van der Waals surface area contributed by atoms with E-state index in [2.05, 4.69) is 31.5 Å². The van der Waals surface area contributed by atoms with E-state index in [1.807, 2.05) is 30.6 Å². The Bertz CT molecular complexity index is 1060. The van der Waals surface area contributed by atoms with E-state index < -0.39 is 5.97 Å². The van der Waals surface area contributed by atoms with Gasteiger partial charge in [0.2, 0.25) is 0 Å². The lowest BCUT2D eigenvalue weighted by Crippen LogP contribution is -2.39. The number of methoxy groups -OCH3 is 1. The number of nitrogens with zero attached hydrogens (tertiary/aromatic N) is 6. The Hall–Kier alpha value is -3.71. The fourth-order valence-corrected chi connectivity index (χ4v) is 6.01. The van der Waals surface area contributed by atoms with Crippen LogP contribution in [0.15, 0.2) is 4.99 Å². The first-order chi connectivity index (χ1) is 23.2. The minimum atomic E-state index is -0.697. The summed E-state index contributed by atoms with van der Waals surface area (Å²) in [7, 11) is 3.49. The van der Waals surface area contributed by atoms with Gasteiger partial charge in [0.15, 0.2) is 0 Å². The predicted octanol–water partition coefficient (Wildman–Crippen LogP) is 4.55. The van der Waals surface area contributed by atoms with Crippen molar-refractivity contribution in [2.24, 2.45) is 16.8 Å². The molecule has 5 N–H and O–H groups in total. The zero-order valence-electron chi connectivity index (χ0n) is 31.4. The number of carbonyl (C=O) groups excluding carboxylic acids is 1. The lowest BCUT2D eigenvalue weighted by Gasteiger charge is -2.31. The molecule has 0 bridgehead atoms. The Morgan fingerprint density at radius 3 is 1.22 bits per heavy atom. The van der Waals surface area contributed by atoms with Gasteiger partial charge in [0.05, 0.1) is 54.7 Å². The fourth-order valence-electron chi connectivity index (χ4n) is 6.01. The minimum absolute atomic E-state index is 0.0422. The first-order valence-corrected chi connectivity index (χ1v) is 17.9. The number of piperidine rings is 3. The summed E-state index contributed by atoms with van der Waals surface area (Å²) in [5.41, 5.74) is 0. The molecule has 5 heterocycles. The Kier molecular flexibility index (Phi) is 20.9. The Labute approximate surface area is 295 Å². The summed E-state index contributed by atoms with van der Waals surface area (Å²) < 4.78 is 4.67. The smallest absolute Gasteiger partial charge is 0.308 e. The SMILES string of the molecule is CC(=N)N1CCC(C(=O)O)CC1.CC(=N)N1CCCC1.CC(=N)N1CCCCC1.CC1=NCCN1C.COC(=O)C1CCN(C(C)=N)CC1. The average Bonchev–Trinajstić information content (AvgIpc) is 3.78. The molecule has 49 heavy (non-hydrogen) atoms. The van der Waals surface area contributed by atoms with Gasteiger partial charge in [0.1, 0.15) is 0 Å². The molecule has 14 nitrogen and oxygen atoms in total. The van der Waals surface area contributed by atoms with Gasteiger partial charge in [-0.05, 0) is 92.4 Å². The average molecular weight is 691 g/mol. The predicted molar refractivity (Wildman–Crippen MR) is 199 cm³/mol. The number of carboxylic acids is 1. The Morgan fingerprint density at radius 2 is 0.980 bits per heavy atom. The number of carboxylic acid groups (broad SMARTS) is 1. The van der Waals surface area contributed by atoms with Crippen LogP contribution in [0.4, 0.5) is 0 Å². The summed E-state index contributed by atoms with van der Waals surface area (Å²) in [5, 5.41) is 38.0. The van der Waals surface area contributed by atoms with E-state index in [9.17, 15) is 9.59 Å². The fraction of sp³-hybridized carbons (Fsp3) is 0.800. The molecule has 0 aromatic carbocycles. The molecule has 0 aromatic heterocycles. The topological polar surface area (TPSA) is 188 Å². The van der Waals surface area contributed by atoms with E-state index >= 15 is 0 Å². The van der Waals surface area contributed by atoms with Crippen LogP contribution in [-0.4, -0.2) is 150 Å². The zero-order valence-corrected chi connectivity index (χ0v) is 31.4. The molecule has 0 atom stereocenters. The number of esters is 1. The molecule has 0 amide bonds. The largest absolute Gasteiger partial charge is 0.481 e. The standard InChI is InChI=1S/C9H16N2O2.C8H14N2O2.C7H14N2.C6H12N2.C5H10N2/c1-7(10)11-5-3-8(4-6-11)9(12)13-2;1-6(9)10-4-2-7(3-5-10)8(11)12;1-7(8)9-5-3-2-4-6-9;1-6(7)8-4-2-3-5-8;1-5-6-3-4-7(5)2/h8,10H,3-6H2,1-2H3;7,9H,2-5H2,1H3,(H,11,12);8H,2-6H2,1H3;7H,2-5H2,1H3;3-4H2,1-2H3. The summed E-state index contributed by atoms with van der Waals surface area (Å²) in [6.07, 6.45) is 9.41. The van der Waals surface area contributed by atoms with Crippen molar-refractivity contribution in [3.05, 3.63) is 0 Å². The Morgan fingerprint density at radius 1 is 0.633 bits per heavy atom. The highest BCUT2D eigenvalue weighted by Gasteiger charge is 2.26. The minimum Gasteiger partial charge on any atom is -0.481 e. The molecule has 14 heteroatoms. The van der Waals surface area contributed by atoms with Gasteiger partial charge in [0.25, 0.3) is 0 Å². The molecular weight excluding hydrogens is 624 g/mol. The number of ether oxygens (including phenoxy) is 1. The highest BCUT2D eigenvalue weighted by Crippen LogP contribution is 2.18. The van der Waals surface area contributed by atoms with E-state index in [-0.39, 0.29) is 17.8 Å². The second-order valence-electron chi connectivity index (χ2n) is 13.3. The number of likely N-dealkylation sites (N-methyl/N-ethyl adjacent to an activating group) is 1. The number of carbonyl (C=O) groups is 2. The third-order valence-corrected chi connectivity index (χ3v) is 9.56. The van der Waals surface area contributed by atoms with Gasteiger partial charge in [-0.25, -0.2) is 0 Å². The number of hydrogen-bond acceptors (Lipinski definition) is 9. The van der Waals surface area contributed by atoms with Crippen LogP contribution >= 0.6 is 0 Å². The lowest BCUT2D eigenvalue weighted by molar-refractivity contribution is -0.146. The molecule has 4 saturated heterocycles. The normalized spacial score (nSPS) is 19.3. The van der Waals surface area contributed by atoms with E-state index in [1.165, 1.54) is 45.0 Å². The van der Waals surface area contributed by atoms with Gasteiger partial charge >= 0.3 is 11.9 Å². The maximum absolute atomic E-state index is 11.1. The van der Waals surface area contributed by atoms with Gasteiger partial charge in [0, 0.05) is 66.0 Å². The number of aliphatic imine (C=N–C) groups is 1. The summed E-state index contributed by atoms with van der Waals surface area (Å²) in [5.74, 6) is 2.79. The number of amidine groups is 5. The van der Waals surface area contributed by atoms with Gasteiger partial charge in [-0.15, -0.1) is 0 Å². The van der Waals surface area contributed by atoms with Crippen molar-refractivity contribution in [1.29, 1.82) is 21.6 Å². The third kappa shape index (κ3) is 17.5. The number of aliphatic carboxylic acids is 1. The summed E-state index contributed by atoms with van der Waals surface area (Å²) >= 11 is 0. The molecular formula is C35H66N10O4. The van der Waals surface area contributed by atoms with Crippen molar-refractivity contribution in [3.8, 4) is 0 Å². The van der Waals surface area contributed by atoms with Crippen molar-refractivity contribution in [3.63, 3.8) is 0 Å². The highest BCUT2D eigenvalue weighted by molar-refractivity contribution is 5.81. The molecule has 280 valence electrons. The van der Waals surface area contributed by atoms with Crippen molar-refractivity contribution in [2.75, 3.05) is 79.6 Å². The van der Waals surface area contributed by atoms with E-state index in [1.54, 1.807) is 13.8 Å². The van der Waals surface area contributed by atoms with Gasteiger partial charge in [-0.2, -0.15) is 0 Å². The first-order valence-electron chi connectivity index (χ1n) is 17.9. The molecule has 5 aliphatic rings. The van der Waals surface area contributed by atoms with Gasteiger partial charge in [-0.1, -0.05) is 0 Å². The highest BCUT2D eigenvalue weighted by atomic mass is 16.5. The van der Waals surface area contributed by atoms with Crippen molar-refractivity contribution >= 4 is 41.1 Å². The van der Waals surface area contributed by atoms with E-state index in [4.69, 9.17) is 26.7 Å². The molecule has 5 aliphatic heterocycles. The Balaban J connectivity index is 0.000000312. The quantitative estimate of drug-likeness (QED) is 0.157. The number of likely N-dealkylation sites (tertiary alicyclic amines) is 4. The number of rotatable bonds is 2. The molecule has 0 radical (unpaired) electrons. The molecule has 0 aliphatic carbocycles. The maximum Gasteiger partial charge on any atom is 0.308 e. The molecule has 4 fully saturated rings. The number of nitrogens with one attached hydrogen (secondary N) is 4. The van der Waals surface area contributed by atoms with Crippen molar-refractivity contribution in [2.45, 2.75) is 92.4 Å². The van der Waals surface area contributed by atoms with Gasteiger partial charge in [-0.3, -0.25) is 36.2 Å². The summed E-state index contributed by atoms with van der Waals surface area (Å²) in [4.78, 5) is 36.2. The van der Waals surface area contributed by atoms with E-state index in [0.717, 1.165) is 76.9 Å². The van der Waals surface area contributed by atoms with Crippen molar-refractivity contribution in [1.82, 2.24) is 24.5 Å². The second kappa shape index (κ2) is 23.6. The van der Waals surface area contributed by atoms with Crippen LogP contribution in [0.2, 0.25) is 0 Å². The number of hydrogen-bond donors (Lipinski definition) is 5. The summed E-state index contributed by atoms with van der Waals surface area (Å²) in [6, 6.07) is 0. The van der Waals surface area contributed by atoms with Gasteiger partial charge < -0.3 is 34.3 Å². The monoisotopic (exact) mass is 691 g/mol. The van der Waals surface area contributed by atoms with Crippen LogP contribution in [0.25, 0.3) is 0 Å². The first kappa shape index (κ1) is 43.3. The molecule has 0 saturated carbocycles. The third-order valence-electron chi connectivity index (χ3n) is 9.56. The molecule has 0 unspecified atom stereocenters. The van der Waals surface area contributed by atoms with Crippen LogP contribution in [0, 0.1) is 33.5 Å². The second-order valence-corrected chi connectivity index (χ2v) is 13.3. The van der Waals surface area contributed by atoms with Crippen LogP contribution in [0.1, 0.15) is 92.4 Å². The van der Waals surface area contributed by atoms with Crippen LogP contribution in [0.3, 0.4) is 0 Å². The van der Waals surface area contributed by atoms with E-state index in [0.29, 0.717) is 37.6 Å². The van der Waals surface area contributed by atoms with Crippen molar-refractivity contribution < 1.29 is 19.4 Å². The zero-order chi connectivity index (χ0) is 36.9. The molecule has 0 spiro atoms. The molecule has 5 rings (SSSR count). The maximum atomic E-state index is 11.1. The molecule has 0 aromatic rings. The summed E-state index contributed by atoms with van der Waals surface area (Å²) in [6.45, 7) is 18.8. The van der Waals surface area contributed by atoms with Crippen LogP contribution in [-0.2, 0) is 14.3 Å². The van der Waals surface area contributed by atoms with Crippen LogP contribution in [0.5, 0.6) is 0 Å². The van der Waals surface area contributed by atoms with Crippen LogP contribution < -0.4 is 0 Å².